The van der Waals surface area contributed by atoms with E-state index in [9.17, 15) is 19.2 Å². The molecule has 3 atom stereocenters. The number of rotatable bonds is 9. The molecule has 0 aromatic carbocycles. The number of hydrogen-bond acceptors (Lipinski definition) is 9. The Morgan fingerprint density at radius 1 is 1.19 bits per heavy atom. The van der Waals surface area contributed by atoms with Gasteiger partial charge in [0.05, 0.1) is 24.5 Å². The van der Waals surface area contributed by atoms with E-state index in [-0.39, 0.29) is 23.3 Å². The second kappa shape index (κ2) is 11.4. The summed E-state index contributed by atoms with van der Waals surface area (Å²) in [5.41, 5.74) is -0.700. The number of aliphatic imine (C=N–C) groups is 1. The molecule has 202 valence electrons. The molecular formula is C24H38N4O7S. The number of amides is 2. The summed E-state index contributed by atoms with van der Waals surface area (Å²) < 4.78 is 15.5. The lowest BCUT2D eigenvalue weighted by atomic mass is 9.96. The van der Waals surface area contributed by atoms with Crippen molar-refractivity contribution in [1.82, 2.24) is 15.1 Å². The fourth-order valence-electron chi connectivity index (χ4n) is 4.32. The smallest absolute Gasteiger partial charge is 0.333 e. The molecule has 1 N–H and O–H groups in total. The molecule has 3 aliphatic rings. The molecule has 3 fully saturated rings. The second-order valence-corrected chi connectivity index (χ2v) is 12.6. The first-order valence-corrected chi connectivity index (χ1v) is 13.2. The number of hydrogen-bond donors (Lipinski definition) is 1. The molecule has 3 saturated heterocycles. The molecule has 3 heterocycles. The Hall–Kier alpha value is -2.34. The largest absolute Gasteiger partial charge is 0.427 e. The molecule has 12 heteroatoms. The Morgan fingerprint density at radius 3 is 2.47 bits per heavy atom. The molecule has 3 aliphatic heterocycles. The van der Waals surface area contributed by atoms with E-state index in [0.717, 1.165) is 25.9 Å². The summed E-state index contributed by atoms with van der Waals surface area (Å²) in [4.78, 5) is 56.7. The monoisotopic (exact) mass is 526 g/mol. The highest BCUT2D eigenvalue weighted by Gasteiger charge is 2.64. The first kappa shape index (κ1) is 28.2. The molecule has 0 unspecified atom stereocenters. The summed E-state index contributed by atoms with van der Waals surface area (Å²) in [5, 5.41) is 2.47. The fraction of sp³-hybridized carbons (Fsp3) is 0.792. The Kier molecular flexibility index (Phi) is 8.92. The zero-order chi connectivity index (χ0) is 26.7. The summed E-state index contributed by atoms with van der Waals surface area (Å²) in [5.74, 6) is -1.34. The topological polar surface area (TPSA) is 127 Å². The molecule has 3 rings (SSSR count). The van der Waals surface area contributed by atoms with Crippen LogP contribution in [0.3, 0.4) is 0 Å². The van der Waals surface area contributed by atoms with Crippen LogP contribution in [0.4, 0.5) is 0 Å². The van der Waals surface area contributed by atoms with Crippen molar-refractivity contribution in [3.8, 4) is 0 Å². The lowest BCUT2D eigenvalue weighted by Crippen LogP contribution is -2.65. The number of ether oxygens (including phenoxy) is 3. The Morgan fingerprint density at radius 2 is 1.86 bits per heavy atom. The standard InChI is InChI=1S/C24H38N4O7S/c1-15(29)25-9-12-33-16-7-10-27(11-8-16)13-26-17-19(30)28-18(24(5,6)36-20(17)28)21(31)34-14-35-22(32)23(2,3)4/h13,16-18,20H,7-12,14H2,1-6H3,(H,25,29)/t17-,18+,20-/m1/s1. The number of likely N-dealkylation sites (tertiary alicyclic amines) is 1. The van der Waals surface area contributed by atoms with Crippen LogP contribution in [-0.2, 0) is 33.4 Å². The van der Waals surface area contributed by atoms with Gasteiger partial charge < -0.3 is 29.3 Å². The van der Waals surface area contributed by atoms with Crippen LogP contribution in [0.5, 0.6) is 0 Å². The van der Waals surface area contributed by atoms with Crippen molar-refractivity contribution in [3.63, 3.8) is 0 Å². The first-order valence-electron chi connectivity index (χ1n) is 12.3. The quantitative estimate of drug-likeness (QED) is 0.118. The van der Waals surface area contributed by atoms with E-state index in [1.807, 2.05) is 13.8 Å². The normalized spacial score (nSPS) is 25.9. The Bertz CT molecular complexity index is 880. The van der Waals surface area contributed by atoms with Crippen LogP contribution in [0.1, 0.15) is 54.4 Å². The van der Waals surface area contributed by atoms with Gasteiger partial charge in [-0.25, -0.2) is 4.79 Å². The van der Waals surface area contributed by atoms with Gasteiger partial charge in [0.2, 0.25) is 12.7 Å². The molecule has 2 amide bonds. The average Bonchev–Trinajstić information content (AvgIpc) is 3.04. The van der Waals surface area contributed by atoms with Crippen LogP contribution in [0.15, 0.2) is 4.99 Å². The molecular weight excluding hydrogens is 488 g/mol. The van der Waals surface area contributed by atoms with E-state index >= 15 is 0 Å². The minimum Gasteiger partial charge on any atom is -0.427 e. The highest BCUT2D eigenvalue weighted by atomic mass is 32.2. The zero-order valence-corrected chi connectivity index (χ0v) is 22.8. The molecule has 11 nitrogen and oxygen atoms in total. The maximum absolute atomic E-state index is 12.9. The number of carbonyl (C=O) groups is 4. The van der Waals surface area contributed by atoms with E-state index in [1.165, 1.54) is 23.6 Å². The summed E-state index contributed by atoms with van der Waals surface area (Å²) in [7, 11) is 0. The van der Waals surface area contributed by atoms with Gasteiger partial charge in [-0.2, -0.15) is 0 Å². The van der Waals surface area contributed by atoms with Gasteiger partial charge in [0.25, 0.3) is 5.91 Å². The van der Waals surface area contributed by atoms with E-state index < -0.39 is 41.0 Å². The van der Waals surface area contributed by atoms with E-state index in [1.54, 1.807) is 27.1 Å². The van der Waals surface area contributed by atoms with Crippen LogP contribution in [0.25, 0.3) is 0 Å². The van der Waals surface area contributed by atoms with Gasteiger partial charge in [-0.3, -0.25) is 19.4 Å². The summed E-state index contributed by atoms with van der Waals surface area (Å²) in [6.07, 6.45) is 3.56. The van der Waals surface area contributed by atoms with Gasteiger partial charge in [0, 0.05) is 31.3 Å². The van der Waals surface area contributed by atoms with Gasteiger partial charge in [0.15, 0.2) is 6.04 Å². The second-order valence-electron chi connectivity index (χ2n) is 10.8. The van der Waals surface area contributed by atoms with Gasteiger partial charge in [-0.05, 0) is 47.5 Å². The van der Waals surface area contributed by atoms with Crippen molar-refractivity contribution in [2.24, 2.45) is 10.4 Å². The number of thioether (sulfide) groups is 1. The molecule has 0 bridgehead atoms. The minimum atomic E-state index is -0.773. The third-order valence-electron chi connectivity index (χ3n) is 6.34. The van der Waals surface area contributed by atoms with E-state index in [4.69, 9.17) is 14.2 Å². The number of nitrogens with one attached hydrogen (secondary N) is 1. The first-order chi connectivity index (χ1) is 16.8. The van der Waals surface area contributed by atoms with Crippen LogP contribution in [0.2, 0.25) is 0 Å². The number of carbonyl (C=O) groups excluding carboxylic acids is 4. The number of nitrogens with zero attached hydrogens (tertiary/aromatic N) is 3. The minimum absolute atomic E-state index is 0.0673. The highest BCUT2D eigenvalue weighted by Crippen LogP contribution is 2.51. The summed E-state index contributed by atoms with van der Waals surface area (Å²) in [6.45, 7) is 12.5. The molecule has 0 aromatic heterocycles. The van der Waals surface area contributed by atoms with Crippen molar-refractivity contribution in [1.29, 1.82) is 0 Å². The van der Waals surface area contributed by atoms with Crippen molar-refractivity contribution >= 4 is 41.9 Å². The third-order valence-corrected chi connectivity index (χ3v) is 7.89. The maximum atomic E-state index is 12.9. The summed E-state index contributed by atoms with van der Waals surface area (Å²) in [6, 6.07) is -1.32. The molecule has 0 radical (unpaired) electrons. The van der Waals surface area contributed by atoms with Crippen molar-refractivity contribution < 1.29 is 33.4 Å². The van der Waals surface area contributed by atoms with Crippen LogP contribution in [0, 0.1) is 5.41 Å². The molecule has 0 aromatic rings. The lowest BCUT2D eigenvalue weighted by molar-refractivity contribution is -0.179. The molecule has 0 aliphatic carbocycles. The predicted octanol–water partition coefficient (Wildman–Crippen LogP) is 1.15. The molecule has 0 spiro atoms. The van der Waals surface area contributed by atoms with Gasteiger partial charge in [-0.1, -0.05) is 0 Å². The van der Waals surface area contributed by atoms with Gasteiger partial charge in [-0.15, -0.1) is 11.8 Å². The number of fused-ring (bicyclic) bond motifs is 1. The van der Waals surface area contributed by atoms with E-state index in [0.29, 0.717) is 13.2 Å². The predicted molar refractivity (Wildman–Crippen MR) is 134 cm³/mol. The third kappa shape index (κ3) is 6.70. The van der Waals surface area contributed by atoms with Crippen molar-refractivity contribution in [2.45, 2.75) is 82.7 Å². The average molecular weight is 527 g/mol. The molecule has 36 heavy (non-hydrogen) atoms. The number of esters is 2. The SMILES string of the molecule is CC(=O)NCCOC1CCN(C=N[C@@H]2C(=O)N3[C@@H]2SC(C)(C)[C@@H]3C(=O)OCOC(=O)C(C)(C)C)CC1. The zero-order valence-electron chi connectivity index (χ0n) is 21.9. The Labute approximate surface area is 216 Å². The van der Waals surface area contributed by atoms with Crippen LogP contribution >= 0.6 is 11.8 Å². The van der Waals surface area contributed by atoms with Crippen molar-refractivity contribution in [2.75, 3.05) is 33.0 Å². The van der Waals surface area contributed by atoms with Gasteiger partial charge in [0.1, 0.15) is 11.4 Å². The number of piperidine rings is 1. The summed E-state index contributed by atoms with van der Waals surface area (Å²) >= 11 is 1.52. The van der Waals surface area contributed by atoms with Crippen LogP contribution < -0.4 is 5.32 Å². The van der Waals surface area contributed by atoms with E-state index in [2.05, 4.69) is 15.2 Å². The number of β-lactam (4-membered cyclic amide) rings is 1. The van der Waals surface area contributed by atoms with Gasteiger partial charge >= 0.3 is 11.9 Å². The van der Waals surface area contributed by atoms with Crippen LogP contribution in [-0.4, -0.2) is 101 Å². The fourth-order valence-corrected chi connectivity index (χ4v) is 5.94. The Balaban J connectivity index is 1.46. The van der Waals surface area contributed by atoms with Crippen molar-refractivity contribution in [3.05, 3.63) is 0 Å². The maximum Gasteiger partial charge on any atom is 0.333 e. The highest BCUT2D eigenvalue weighted by molar-refractivity contribution is 8.01. The lowest BCUT2D eigenvalue weighted by Gasteiger charge is -2.42. The molecule has 0 saturated carbocycles.